The zero-order valence-electron chi connectivity index (χ0n) is 30.0. The molecule has 0 unspecified atom stereocenters. The van der Waals surface area contributed by atoms with Crippen molar-refractivity contribution in [2.45, 2.75) is 12.8 Å². The second-order valence-corrected chi connectivity index (χ2v) is 12.6. The molecule has 6 rings (SSSR count). The number of rotatable bonds is 12. The van der Waals surface area contributed by atoms with Crippen LogP contribution >= 0.6 is 0 Å². The van der Waals surface area contributed by atoms with Gasteiger partial charge in [-0.2, -0.15) is 0 Å². The highest BCUT2D eigenvalue weighted by molar-refractivity contribution is 6.12. The molecule has 0 N–H and O–H groups in total. The molecule has 0 aliphatic heterocycles. The van der Waals surface area contributed by atoms with Gasteiger partial charge in [-0.05, 0) is 70.0 Å². The van der Waals surface area contributed by atoms with Crippen LogP contribution < -0.4 is 0 Å². The Bertz CT molecular complexity index is 2320. The van der Waals surface area contributed by atoms with Crippen molar-refractivity contribution < 1.29 is 0 Å². The van der Waals surface area contributed by atoms with E-state index in [9.17, 15) is 0 Å². The van der Waals surface area contributed by atoms with Crippen LogP contribution in [-0.2, 0) is 6.42 Å². The number of hydrogen-bond acceptors (Lipinski definition) is 3. The van der Waals surface area contributed by atoms with Crippen molar-refractivity contribution in [2.24, 2.45) is 9.98 Å². The monoisotopic (exact) mass is 685 g/mol. The Morgan fingerprint density at radius 1 is 0.774 bits per heavy atom. The van der Waals surface area contributed by atoms with Crippen LogP contribution in [0.1, 0.15) is 28.7 Å². The molecule has 1 aliphatic carbocycles. The Morgan fingerprint density at radius 2 is 1.51 bits per heavy atom. The number of aliphatic imine (C=N–C) groups is 2. The first-order chi connectivity index (χ1) is 26.1. The zero-order chi connectivity index (χ0) is 36.7. The zero-order valence-corrected chi connectivity index (χ0v) is 30.0. The summed E-state index contributed by atoms with van der Waals surface area (Å²) in [4.78, 5) is 14.2. The van der Waals surface area contributed by atoms with E-state index in [0.717, 1.165) is 68.6 Å². The van der Waals surface area contributed by atoms with Gasteiger partial charge in [0, 0.05) is 28.9 Å². The number of benzene rings is 4. The molecule has 0 spiro atoms. The maximum Gasteiger partial charge on any atom is 0.0716 e. The normalized spacial score (nSPS) is 16.9. The lowest BCUT2D eigenvalue weighted by molar-refractivity contribution is 1.17. The lowest BCUT2D eigenvalue weighted by Crippen LogP contribution is -2.02. The minimum Gasteiger partial charge on any atom is -0.280 e. The van der Waals surface area contributed by atoms with Crippen molar-refractivity contribution >= 4 is 34.5 Å². The topological polar surface area (TPSA) is 37.6 Å². The summed E-state index contributed by atoms with van der Waals surface area (Å²) in [7, 11) is 0. The van der Waals surface area contributed by atoms with Crippen LogP contribution in [0.5, 0.6) is 0 Å². The van der Waals surface area contributed by atoms with Gasteiger partial charge in [-0.3, -0.25) is 15.0 Å². The fraction of sp³-hybridized carbons (Fsp3) is 0.0600. The molecule has 0 atom stereocenters. The third kappa shape index (κ3) is 9.96. The van der Waals surface area contributed by atoms with Crippen molar-refractivity contribution in [3.8, 4) is 11.1 Å². The van der Waals surface area contributed by atoms with Crippen molar-refractivity contribution in [3.63, 3.8) is 0 Å². The third-order valence-electron chi connectivity index (χ3n) is 8.95. The van der Waals surface area contributed by atoms with Crippen LogP contribution in [0, 0.1) is 0 Å². The molecule has 0 saturated heterocycles. The Kier molecular flexibility index (Phi) is 12.6. The summed E-state index contributed by atoms with van der Waals surface area (Å²) < 4.78 is 0. The summed E-state index contributed by atoms with van der Waals surface area (Å²) in [6, 6.07) is 35.8. The van der Waals surface area contributed by atoms with Gasteiger partial charge in [-0.1, -0.05) is 183 Å². The molecule has 1 heterocycles. The average Bonchev–Trinajstić information content (AvgIpc) is 3.20. The standard InChI is InChI=1S/C50H43N3/c1-4-15-40(21-14-20-39-18-8-6-9-19-39)35-53-50(45-30-26-42(27-31-45)41-22-10-5-7-16-38(2)17-13-24-41)34-49(51-3)44-32-28-43(29-33-44)48-37-52-36-46-23-11-12-25-47(46)48/h4-19,21,23-34,36-37H,1-3,20,22,35H2/b10-5-,16-7-,17-13-,21-14-,40-15+,41-24+,49-34-,53-50?. The summed E-state index contributed by atoms with van der Waals surface area (Å²) in [5.41, 5.74) is 11.3. The first-order valence-corrected chi connectivity index (χ1v) is 17.8. The van der Waals surface area contributed by atoms with Gasteiger partial charge in [0.15, 0.2) is 0 Å². The Morgan fingerprint density at radius 3 is 2.30 bits per heavy atom. The van der Waals surface area contributed by atoms with Crippen LogP contribution in [0.2, 0.25) is 0 Å². The molecular weight excluding hydrogens is 643 g/mol. The summed E-state index contributed by atoms with van der Waals surface area (Å²) in [6.07, 6.45) is 30.2. The number of pyridine rings is 1. The summed E-state index contributed by atoms with van der Waals surface area (Å²) >= 11 is 0. The fourth-order valence-electron chi connectivity index (χ4n) is 6.12. The largest absolute Gasteiger partial charge is 0.280 e. The van der Waals surface area contributed by atoms with Crippen LogP contribution in [-0.4, -0.2) is 24.0 Å². The molecular formula is C50H43N3. The predicted molar refractivity (Wildman–Crippen MR) is 229 cm³/mol. The van der Waals surface area contributed by atoms with Gasteiger partial charge in [0.2, 0.25) is 0 Å². The molecule has 0 bridgehead atoms. The second-order valence-electron chi connectivity index (χ2n) is 12.6. The van der Waals surface area contributed by atoms with E-state index in [2.05, 4.69) is 157 Å². The van der Waals surface area contributed by atoms with Crippen LogP contribution in [0.3, 0.4) is 0 Å². The summed E-state index contributed by atoms with van der Waals surface area (Å²) in [5.74, 6) is 0. The van der Waals surface area contributed by atoms with Gasteiger partial charge in [-0.25, -0.2) is 0 Å². The van der Waals surface area contributed by atoms with Crippen molar-refractivity contribution in [3.05, 3.63) is 235 Å². The molecule has 4 aromatic carbocycles. The summed E-state index contributed by atoms with van der Waals surface area (Å²) in [5, 5.41) is 2.28. The van der Waals surface area contributed by atoms with E-state index in [0.29, 0.717) is 6.54 Å². The van der Waals surface area contributed by atoms with E-state index in [4.69, 9.17) is 4.99 Å². The third-order valence-corrected chi connectivity index (χ3v) is 8.95. The maximum absolute atomic E-state index is 5.17. The molecule has 53 heavy (non-hydrogen) atoms. The second kappa shape index (κ2) is 18.5. The highest BCUT2D eigenvalue weighted by atomic mass is 14.8. The molecule has 5 aromatic rings. The molecule has 3 nitrogen and oxygen atoms in total. The van der Waals surface area contributed by atoms with E-state index in [1.54, 1.807) is 0 Å². The van der Waals surface area contributed by atoms with Crippen LogP contribution in [0.15, 0.2) is 223 Å². The van der Waals surface area contributed by atoms with Crippen LogP contribution in [0.25, 0.3) is 33.2 Å². The first kappa shape index (κ1) is 36.1. The highest BCUT2D eigenvalue weighted by Gasteiger charge is 2.10. The molecule has 258 valence electrons. The smallest absolute Gasteiger partial charge is 0.0716 e. The Labute approximate surface area is 313 Å². The number of fused-ring (bicyclic) bond motifs is 1. The van der Waals surface area contributed by atoms with Crippen molar-refractivity contribution in [1.29, 1.82) is 0 Å². The van der Waals surface area contributed by atoms with E-state index in [-0.39, 0.29) is 0 Å². The molecule has 1 aliphatic rings. The molecule has 0 radical (unpaired) electrons. The maximum atomic E-state index is 5.17. The minimum atomic E-state index is 0.473. The van der Waals surface area contributed by atoms with E-state index < -0.39 is 0 Å². The number of nitrogens with zero attached hydrogens (tertiary/aromatic N) is 3. The summed E-state index contributed by atoms with van der Waals surface area (Å²) in [6.45, 7) is 12.5. The number of allylic oxidation sites excluding steroid dienone is 13. The molecule has 3 heteroatoms. The minimum absolute atomic E-state index is 0.473. The quantitative estimate of drug-likeness (QED) is 0.0951. The Hall–Kier alpha value is -6.71. The van der Waals surface area contributed by atoms with Gasteiger partial charge < -0.3 is 0 Å². The van der Waals surface area contributed by atoms with Gasteiger partial charge in [-0.15, -0.1) is 0 Å². The van der Waals surface area contributed by atoms with Crippen molar-refractivity contribution in [2.75, 3.05) is 6.54 Å². The molecule has 1 aromatic heterocycles. The SMILES string of the molecule is C=C/C=C(\C=C/Cc1ccccc1)CN=C(/C=C(\N=C)c1ccc(-c2cncc3ccccc23)cc1)c1ccc(/C2=C/C=C\C(=C)/C=C\C=C/C2)cc1. The molecule has 0 saturated carbocycles. The predicted octanol–water partition coefficient (Wildman–Crippen LogP) is 12.4. The average molecular weight is 686 g/mol. The van der Waals surface area contributed by atoms with Gasteiger partial charge in [0.25, 0.3) is 0 Å². The van der Waals surface area contributed by atoms with Gasteiger partial charge in [0.1, 0.15) is 0 Å². The highest BCUT2D eigenvalue weighted by Crippen LogP contribution is 2.29. The van der Waals surface area contributed by atoms with Gasteiger partial charge >= 0.3 is 0 Å². The van der Waals surface area contributed by atoms with E-state index in [1.807, 2.05) is 61.0 Å². The van der Waals surface area contributed by atoms with E-state index in [1.165, 1.54) is 16.5 Å². The first-order valence-electron chi connectivity index (χ1n) is 17.8. The van der Waals surface area contributed by atoms with Gasteiger partial charge in [0.05, 0.1) is 18.0 Å². The Balaban J connectivity index is 1.33. The van der Waals surface area contributed by atoms with Crippen molar-refractivity contribution in [1.82, 2.24) is 4.98 Å². The fourth-order valence-corrected chi connectivity index (χ4v) is 6.12. The van der Waals surface area contributed by atoms with Crippen LogP contribution in [0.4, 0.5) is 0 Å². The molecule has 0 amide bonds. The van der Waals surface area contributed by atoms with E-state index >= 15 is 0 Å². The number of aromatic nitrogens is 1. The number of hydrogen-bond donors (Lipinski definition) is 0. The lowest BCUT2D eigenvalue weighted by Gasteiger charge is -2.11. The molecule has 0 fully saturated rings. The lowest BCUT2D eigenvalue weighted by atomic mass is 9.97.